The van der Waals surface area contributed by atoms with Gasteiger partial charge in [0, 0.05) is 5.75 Å². The molecule has 1 aromatic carbocycles. The van der Waals surface area contributed by atoms with Crippen LogP contribution < -0.4 is 5.73 Å². The van der Waals surface area contributed by atoms with Crippen molar-refractivity contribution < 1.29 is 0 Å². The molecule has 0 saturated carbocycles. The fourth-order valence-electron chi connectivity index (χ4n) is 2.11. The Morgan fingerprint density at radius 2 is 1.80 bits per heavy atom. The standard InChI is InChI=1S/C15H22N4S/c1-9-6-11(15(3,4)5)7-10(2)12(9)8-20-14-17-13(16)18-19-14/h6-7H,8H2,1-5H3,(H3,16,17,18,19). The second-order valence-electron chi connectivity index (χ2n) is 6.13. The van der Waals surface area contributed by atoms with E-state index in [1.54, 1.807) is 11.8 Å². The second kappa shape index (κ2) is 5.48. The zero-order valence-corrected chi connectivity index (χ0v) is 13.6. The first-order valence-corrected chi connectivity index (χ1v) is 7.67. The largest absolute Gasteiger partial charge is 0.368 e. The number of benzene rings is 1. The molecule has 20 heavy (non-hydrogen) atoms. The minimum Gasteiger partial charge on any atom is -0.368 e. The number of nitrogen functional groups attached to an aromatic ring is 1. The Balaban J connectivity index is 2.20. The van der Waals surface area contributed by atoms with Crippen LogP contribution in [-0.4, -0.2) is 15.2 Å². The molecule has 0 unspecified atom stereocenters. The van der Waals surface area contributed by atoms with Gasteiger partial charge in [0.05, 0.1) is 0 Å². The van der Waals surface area contributed by atoms with Crippen molar-refractivity contribution in [2.24, 2.45) is 0 Å². The van der Waals surface area contributed by atoms with E-state index < -0.39 is 0 Å². The number of nitrogens with one attached hydrogen (secondary N) is 1. The maximum absolute atomic E-state index is 5.53. The fraction of sp³-hybridized carbons (Fsp3) is 0.467. The maximum Gasteiger partial charge on any atom is 0.216 e. The van der Waals surface area contributed by atoms with Gasteiger partial charge in [0.2, 0.25) is 11.1 Å². The quantitative estimate of drug-likeness (QED) is 0.848. The van der Waals surface area contributed by atoms with E-state index in [1.165, 1.54) is 22.3 Å². The average Bonchev–Trinajstić information content (AvgIpc) is 2.72. The normalized spacial score (nSPS) is 11.8. The number of thioether (sulfide) groups is 1. The molecule has 0 saturated heterocycles. The molecular formula is C15H22N4S. The fourth-order valence-corrected chi connectivity index (χ4v) is 3.12. The highest BCUT2D eigenvalue weighted by Crippen LogP contribution is 2.30. The number of aryl methyl sites for hydroxylation is 2. The summed E-state index contributed by atoms with van der Waals surface area (Å²) in [6.07, 6.45) is 0. The van der Waals surface area contributed by atoms with Crippen molar-refractivity contribution >= 4 is 17.7 Å². The zero-order chi connectivity index (χ0) is 14.9. The molecule has 4 nitrogen and oxygen atoms in total. The van der Waals surface area contributed by atoms with Crippen LogP contribution in [-0.2, 0) is 11.2 Å². The van der Waals surface area contributed by atoms with Gasteiger partial charge in [-0.3, -0.25) is 0 Å². The van der Waals surface area contributed by atoms with Crippen LogP contribution in [0.3, 0.4) is 0 Å². The lowest BCUT2D eigenvalue weighted by molar-refractivity contribution is 0.589. The number of aromatic amines is 1. The Labute approximate surface area is 124 Å². The van der Waals surface area contributed by atoms with E-state index in [0.29, 0.717) is 11.1 Å². The average molecular weight is 290 g/mol. The van der Waals surface area contributed by atoms with Gasteiger partial charge in [0.1, 0.15) is 0 Å². The number of H-pyrrole nitrogens is 1. The number of anilines is 1. The van der Waals surface area contributed by atoms with E-state index in [1.807, 2.05) is 0 Å². The van der Waals surface area contributed by atoms with E-state index >= 15 is 0 Å². The van der Waals surface area contributed by atoms with Crippen molar-refractivity contribution in [3.63, 3.8) is 0 Å². The third kappa shape index (κ3) is 3.33. The van der Waals surface area contributed by atoms with Crippen molar-refractivity contribution in [1.29, 1.82) is 0 Å². The Kier molecular flexibility index (Phi) is 4.09. The van der Waals surface area contributed by atoms with Gasteiger partial charge in [-0.25, -0.2) is 5.10 Å². The van der Waals surface area contributed by atoms with Gasteiger partial charge in [0.25, 0.3) is 0 Å². The Bertz CT molecular complexity index is 588. The summed E-state index contributed by atoms with van der Waals surface area (Å²) in [4.78, 5) is 4.12. The summed E-state index contributed by atoms with van der Waals surface area (Å²) in [6.45, 7) is 11.1. The molecule has 1 aromatic heterocycles. The third-order valence-electron chi connectivity index (χ3n) is 3.39. The van der Waals surface area contributed by atoms with Crippen molar-refractivity contribution in [3.05, 3.63) is 34.4 Å². The lowest BCUT2D eigenvalue weighted by Gasteiger charge is -2.22. The Hall–Kier alpha value is -1.49. The molecule has 0 bridgehead atoms. The van der Waals surface area contributed by atoms with Gasteiger partial charge in [-0.05, 0) is 41.5 Å². The smallest absolute Gasteiger partial charge is 0.216 e. The van der Waals surface area contributed by atoms with Crippen LogP contribution in [0.4, 0.5) is 5.95 Å². The molecule has 0 aliphatic carbocycles. The van der Waals surface area contributed by atoms with Crippen LogP contribution in [0, 0.1) is 13.8 Å². The molecule has 0 aliphatic rings. The van der Waals surface area contributed by atoms with Crippen LogP contribution in [0.1, 0.15) is 43.0 Å². The van der Waals surface area contributed by atoms with E-state index in [2.05, 4.69) is 61.9 Å². The van der Waals surface area contributed by atoms with Gasteiger partial charge in [0.15, 0.2) is 0 Å². The first-order valence-electron chi connectivity index (χ1n) is 6.68. The molecule has 2 rings (SSSR count). The summed E-state index contributed by atoms with van der Waals surface area (Å²) in [6, 6.07) is 4.57. The molecule has 0 aliphatic heterocycles. The number of rotatable bonds is 3. The molecule has 5 heteroatoms. The van der Waals surface area contributed by atoms with Crippen LogP contribution in [0.2, 0.25) is 0 Å². The Morgan fingerprint density at radius 1 is 1.20 bits per heavy atom. The summed E-state index contributed by atoms with van der Waals surface area (Å²) in [7, 11) is 0. The SMILES string of the molecule is Cc1cc(C(C)(C)C)cc(C)c1CSc1n[nH]c(N)n1. The van der Waals surface area contributed by atoms with Gasteiger partial charge < -0.3 is 5.73 Å². The van der Waals surface area contributed by atoms with E-state index in [4.69, 9.17) is 5.73 Å². The second-order valence-corrected chi connectivity index (χ2v) is 7.07. The molecule has 0 fully saturated rings. The third-order valence-corrected chi connectivity index (χ3v) is 4.26. The highest BCUT2D eigenvalue weighted by molar-refractivity contribution is 7.98. The van der Waals surface area contributed by atoms with Gasteiger partial charge in [-0.2, -0.15) is 4.98 Å². The van der Waals surface area contributed by atoms with Gasteiger partial charge in [-0.15, -0.1) is 5.10 Å². The number of hydrogen-bond donors (Lipinski definition) is 2. The van der Waals surface area contributed by atoms with Crippen LogP contribution in [0.5, 0.6) is 0 Å². The van der Waals surface area contributed by atoms with Crippen molar-refractivity contribution in [2.75, 3.05) is 5.73 Å². The summed E-state index contributed by atoms with van der Waals surface area (Å²) >= 11 is 1.60. The molecule has 0 atom stereocenters. The van der Waals surface area contributed by atoms with E-state index in [0.717, 1.165) is 5.75 Å². The molecule has 0 spiro atoms. The lowest BCUT2D eigenvalue weighted by atomic mass is 9.84. The highest BCUT2D eigenvalue weighted by atomic mass is 32.2. The number of nitrogens with zero attached hydrogens (tertiary/aromatic N) is 2. The first kappa shape index (κ1) is 14.9. The predicted molar refractivity (Wildman–Crippen MR) is 85.0 cm³/mol. The summed E-state index contributed by atoms with van der Waals surface area (Å²) in [5.41, 5.74) is 11.1. The Morgan fingerprint density at radius 3 is 2.25 bits per heavy atom. The lowest BCUT2D eigenvalue weighted by Crippen LogP contribution is -2.12. The zero-order valence-electron chi connectivity index (χ0n) is 12.7. The summed E-state index contributed by atoms with van der Waals surface area (Å²) < 4.78 is 0. The molecular weight excluding hydrogens is 268 g/mol. The first-order chi connectivity index (χ1) is 9.27. The molecule has 0 amide bonds. The number of hydrogen-bond acceptors (Lipinski definition) is 4. The number of aromatic nitrogens is 3. The van der Waals surface area contributed by atoms with E-state index in [9.17, 15) is 0 Å². The van der Waals surface area contributed by atoms with Gasteiger partial charge >= 0.3 is 0 Å². The van der Waals surface area contributed by atoms with E-state index in [-0.39, 0.29) is 5.41 Å². The van der Waals surface area contributed by atoms with Crippen LogP contribution in [0.25, 0.3) is 0 Å². The molecule has 0 radical (unpaired) electrons. The van der Waals surface area contributed by atoms with Crippen molar-refractivity contribution in [2.45, 2.75) is 50.9 Å². The van der Waals surface area contributed by atoms with Crippen molar-refractivity contribution in [3.8, 4) is 0 Å². The molecule has 2 aromatic rings. The topological polar surface area (TPSA) is 67.6 Å². The monoisotopic (exact) mass is 290 g/mol. The maximum atomic E-state index is 5.53. The van der Waals surface area contributed by atoms with Crippen LogP contribution in [0.15, 0.2) is 17.3 Å². The minimum absolute atomic E-state index is 0.180. The molecule has 3 N–H and O–H groups in total. The molecule has 1 heterocycles. The van der Waals surface area contributed by atoms with Crippen molar-refractivity contribution in [1.82, 2.24) is 15.2 Å². The summed E-state index contributed by atoms with van der Waals surface area (Å²) in [5, 5.41) is 7.40. The summed E-state index contributed by atoms with van der Waals surface area (Å²) in [5.74, 6) is 1.23. The predicted octanol–water partition coefficient (Wildman–Crippen LogP) is 3.59. The highest BCUT2D eigenvalue weighted by Gasteiger charge is 2.16. The minimum atomic E-state index is 0.180. The van der Waals surface area contributed by atoms with Gasteiger partial charge in [-0.1, -0.05) is 44.7 Å². The number of nitrogens with two attached hydrogens (primary N) is 1. The van der Waals surface area contributed by atoms with Crippen LogP contribution >= 0.6 is 11.8 Å². The molecule has 108 valence electrons.